The minimum absolute atomic E-state index is 0.00271. The van der Waals surface area contributed by atoms with Crippen molar-refractivity contribution < 1.29 is 9.53 Å². The average molecular weight is 211 g/mol. The van der Waals surface area contributed by atoms with Crippen molar-refractivity contribution in [3.05, 3.63) is 0 Å². The number of carbonyl (C=O) groups is 1. The molecule has 0 aliphatic carbocycles. The van der Waals surface area contributed by atoms with Crippen LogP contribution in [0.4, 0.5) is 0 Å². The largest absolute Gasteiger partial charge is 0.466 e. The molecule has 3 nitrogen and oxygen atoms in total. The van der Waals surface area contributed by atoms with Crippen molar-refractivity contribution in [1.29, 1.82) is 0 Å². The van der Waals surface area contributed by atoms with E-state index in [4.69, 9.17) is 4.74 Å². The lowest BCUT2D eigenvalue weighted by Crippen LogP contribution is -2.33. The summed E-state index contributed by atoms with van der Waals surface area (Å²) in [4.78, 5) is 13.8. The van der Waals surface area contributed by atoms with Crippen molar-refractivity contribution >= 4 is 5.97 Å². The first kappa shape index (κ1) is 10.9. The van der Waals surface area contributed by atoms with Crippen molar-refractivity contribution in [2.45, 2.75) is 51.0 Å². The first-order valence-electron chi connectivity index (χ1n) is 6.26. The maximum atomic E-state index is 11.2. The maximum Gasteiger partial charge on any atom is 0.305 e. The number of ether oxygens (including phenoxy) is 1. The highest BCUT2D eigenvalue weighted by Crippen LogP contribution is 2.20. The van der Waals surface area contributed by atoms with Gasteiger partial charge in [0.1, 0.15) is 0 Å². The monoisotopic (exact) mass is 211 g/mol. The lowest BCUT2D eigenvalue weighted by atomic mass is 10.1. The van der Waals surface area contributed by atoms with E-state index in [1.165, 1.54) is 38.8 Å². The average Bonchev–Trinajstić information content (AvgIpc) is 2.74. The van der Waals surface area contributed by atoms with Crippen molar-refractivity contribution in [2.24, 2.45) is 0 Å². The smallest absolute Gasteiger partial charge is 0.305 e. The number of carbonyl (C=O) groups excluding carboxylic acids is 1. The third kappa shape index (κ3) is 3.20. The number of likely N-dealkylation sites (tertiary alicyclic amines) is 1. The molecule has 0 N–H and O–H groups in total. The number of esters is 1. The quantitative estimate of drug-likeness (QED) is 0.621. The molecule has 0 aromatic rings. The molecule has 1 atom stereocenters. The molecule has 86 valence electrons. The lowest BCUT2D eigenvalue weighted by Gasteiger charge is -2.26. The Bertz CT molecular complexity index is 212. The first-order chi connectivity index (χ1) is 7.36. The second-order valence-corrected chi connectivity index (χ2v) is 4.65. The topological polar surface area (TPSA) is 29.5 Å². The molecule has 2 rings (SSSR count). The predicted molar refractivity (Wildman–Crippen MR) is 58.6 cm³/mol. The zero-order valence-electron chi connectivity index (χ0n) is 9.41. The number of rotatable bonds is 1. The molecule has 0 bridgehead atoms. The highest BCUT2D eigenvalue weighted by Gasteiger charge is 2.22. The highest BCUT2D eigenvalue weighted by atomic mass is 16.5. The summed E-state index contributed by atoms with van der Waals surface area (Å²) in [6.07, 6.45) is 7.76. The lowest BCUT2D eigenvalue weighted by molar-refractivity contribution is -0.143. The molecule has 0 aromatic heterocycles. The van der Waals surface area contributed by atoms with E-state index in [2.05, 4.69) is 4.90 Å². The van der Waals surface area contributed by atoms with Gasteiger partial charge in [0.2, 0.25) is 0 Å². The van der Waals surface area contributed by atoms with Gasteiger partial charge in [0.05, 0.1) is 6.61 Å². The van der Waals surface area contributed by atoms with E-state index in [-0.39, 0.29) is 5.97 Å². The van der Waals surface area contributed by atoms with Crippen LogP contribution in [0, 0.1) is 0 Å². The van der Waals surface area contributed by atoms with Gasteiger partial charge in [-0.3, -0.25) is 4.79 Å². The van der Waals surface area contributed by atoms with Crippen LogP contribution in [0.1, 0.15) is 44.9 Å². The summed E-state index contributed by atoms with van der Waals surface area (Å²) in [6.45, 7) is 3.12. The van der Waals surface area contributed by atoms with Gasteiger partial charge >= 0.3 is 5.97 Å². The van der Waals surface area contributed by atoms with E-state index in [1.54, 1.807) is 0 Å². The van der Waals surface area contributed by atoms with E-state index in [9.17, 15) is 4.79 Å². The molecule has 2 fully saturated rings. The number of nitrogens with zero attached hydrogens (tertiary/aromatic N) is 1. The van der Waals surface area contributed by atoms with Gasteiger partial charge in [0.15, 0.2) is 0 Å². The van der Waals surface area contributed by atoms with Crippen molar-refractivity contribution in [1.82, 2.24) is 4.90 Å². The van der Waals surface area contributed by atoms with Crippen LogP contribution >= 0.6 is 0 Å². The Morgan fingerprint density at radius 3 is 2.67 bits per heavy atom. The van der Waals surface area contributed by atoms with Gasteiger partial charge in [-0.25, -0.2) is 0 Å². The number of hydrogen-bond acceptors (Lipinski definition) is 3. The molecule has 0 radical (unpaired) electrons. The van der Waals surface area contributed by atoms with E-state index in [1.807, 2.05) is 0 Å². The molecular weight excluding hydrogens is 190 g/mol. The van der Waals surface area contributed by atoms with Gasteiger partial charge < -0.3 is 9.64 Å². The molecule has 0 saturated carbocycles. The molecular formula is C12H21NO2. The fourth-order valence-electron chi connectivity index (χ4n) is 2.65. The second kappa shape index (κ2) is 5.50. The first-order valence-corrected chi connectivity index (χ1v) is 6.26. The molecule has 0 amide bonds. The summed E-state index contributed by atoms with van der Waals surface area (Å²) in [5.74, 6) is -0.00271. The summed E-state index contributed by atoms with van der Waals surface area (Å²) in [7, 11) is 0. The standard InChI is InChI=1S/C12H21NO2/c14-12-6-2-1-5-11(7-10-15-12)13-8-3-4-9-13/h11H,1-10H2/t11-/m1/s1. The van der Waals surface area contributed by atoms with Crippen molar-refractivity contribution in [2.75, 3.05) is 19.7 Å². The number of hydrogen-bond donors (Lipinski definition) is 0. The third-order valence-electron chi connectivity index (χ3n) is 3.54. The zero-order valence-corrected chi connectivity index (χ0v) is 9.41. The highest BCUT2D eigenvalue weighted by molar-refractivity contribution is 5.69. The van der Waals surface area contributed by atoms with Crippen LogP contribution in [0.15, 0.2) is 0 Å². The molecule has 2 saturated heterocycles. The van der Waals surface area contributed by atoms with Crippen molar-refractivity contribution in [3.63, 3.8) is 0 Å². The molecule has 0 spiro atoms. The fourth-order valence-corrected chi connectivity index (χ4v) is 2.65. The summed E-state index contributed by atoms with van der Waals surface area (Å²) in [6, 6.07) is 0.665. The molecule has 3 heteroatoms. The van der Waals surface area contributed by atoms with Gasteiger partial charge in [-0.1, -0.05) is 6.42 Å². The Hall–Kier alpha value is -0.570. The number of cyclic esters (lactones) is 1. The molecule has 2 aliphatic rings. The fraction of sp³-hybridized carbons (Fsp3) is 0.917. The van der Waals surface area contributed by atoms with Gasteiger partial charge in [0.25, 0.3) is 0 Å². The SMILES string of the molecule is O=C1CCCC[C@@H](N2CCCC2)CCO1. The molecule has 0 aromatic carbocycles. The Morgan fingerprint density at radius 1 is 1.07 bits per heavy atom. The van der Waals surface area contributed by atoms with Crippen LogP contribution < -0.4 is 0 Å². The van der Waals surface area contributed by atoms with Crippen LogP contribution in [0.3, 0.4) is 0 Å². The maximum absolute atomic E-state index is 11.2. The molecule has 15 heavy (non-hydrogen) atoms. The Balaban J connectivity index is 1.84. The minimum Gasteiger partial charge on any atom is -0.466 e. The molecule has 0 unspecified atom stereocenters. The van der Waals surface area contributed by atoms with Crippen molar-refractivity contribution in [3.8, 4) is 0 Å². The van der Waals surface area contributed by atoms with Gasteiger partial charge in [-0.05, 0) is 45.2 Å². The Labute approximate surface area is 91.8 Å². The Morgan fingerprint density at radius 2 is 1.87 bits per heavy atom. The van der Waals surface area contributed by atoms with Crippen LogP contribution in [0.2, 0.25) is 0 Å². The van der Waals surface area contributed by atoms with Crippen LogP contribution in [-0.2, 0) is 9.53 Å². The van der Waals surface area contributed by atoms with Gasteiger partial charge in [0, 0.05) is 12.5 Å². The summed E-state index contributed by atoms with van der Waals surface area (Å²) in [5.41, 5.74) is 0. The summed E-state index contributed by atoms with van der Waals surface area (Å²) in [5, 5.41) is 0. The minimum atomic E-state index is -0.00271. The van der Waals surface area contributed by atoms with Gasteiger partial charge in [-0.15, -0.1) is 0 Å². The van der Waals surface area contributed by atoms with Crippen LogP contribution in [0.25, 0.3) is 0 Å². The third-order valence-corrected chi connectivity index (χ3v) is 3.54. The molecule has 2 heterocycles. The van der Waals surface area contributed by atoms with Crippen LogP contribution in [0.5, 0.6) is 0 Å². The van der Waals surface area contributed by atoms with E-state index < -0.39 is 0 Å². The normalized spacial score (nSPS) is 30.4. The van der Waals surface area contributed by atoms with E-state index in [0.29, 0.717) is 19.1 Å². The van der Waals surface area contributed by atoms with Gasteiger partial charge in [-0.2, -0.15) is 0 Å². The summed E-state index contributed by atoms with van der Waals surface area (Å²) < 4.78 is 5.19. The summed E-state index contributed by atoms with van der Waals surface area (Å²) >= 11 is 0. The van der Waals surface area contributed by atoms with E-state index >= 15 is 0 Å². The zero-order chi connectivity index (χ0) is 10.5. The Kier molecular flexibility index (Phi) is 4.01. The second-order valence-electron chi connectivity index (χ2n) is 4.65. The molecule has 2 aliphatic heterocycles. The predicted octanol–water partition coefficient (Wildman–Crippen LogP) is 1.96. The van der Waals surface area contributed by atoms with E-state index in [0.717, 1.165) is 12.8 Å². The van der Waals surface area contributed by atoms with Crippen LogP contribution in [-0.4, -0.2) is 36.6 Å².